The number of nitrogens with one attached hydrogen (secondary N) is 1. The number of nitriles is 1. The van der Waals surface area contributed by atoms with Crippen LogP contribution in [0.1, 0.15) is 5.56 Å². The number of halogens is 1. The third kappa shape index (κ3) is 3.50. The molecule has 0 spiro atoms. The first-order valence-corrected chi connectivity index (χ1v) is 4.24. The summed E-state index contributed by atoms with van der Waals surface area (Å²) < 4.78 is 4.84. The molecule has 0 unspecified atom stereocenters. The van der Waals surface area contributed by atoms with Crippen LogP contribution < -0.4 is 5.32 Å². The molecular formula is C10H11ClN2O2. The quantitative estimate of drug-likeness (QED) is 0.800. The molecule has 1 rings (SSSR count). The van der Waals surface area contributed by atoms with Crippen LogP contribution in [0, 0.1) is 11.3 Å². The number of rotatable bonds is 3. The number of benzene rings is 1. The van der Waals surface area contributed by atoms with Gasteiger partial charge in [-0.05, 0) is 24.8 Å². The second kappa shape index (κ2) is 5.91. The smallest absolute Gasteiger partial charge is 0.183 e. The zero-order valence-electron chi connectivity index (χ0n) is 8.17. The van der Waals surface area contributed by atoms with Gasteiger partial charge in [0.2, 0.25) is 0 Å². The maximum absolute atomic E-state index is 8.81. The van der Waals surface area contributed by atoms with Crippen LogP contribution in [0.2, 0.25) is 5.02 Å². The third-order valence-electron chi connectivity index (χ3n) is 1.62. The molecule has 0 atom stereocenters. The van der Waals surface area contributed by atoms with Gasteiger partial charge in [-0.3, -0.25) is 0 Å². The van der Waals surface area contributed by atoms with E-state index in [-0.39, 0.29) is 5.48 Å². The van der Waals surface area contributed by atoms with Gasteiger partial charge in [-0.2, -0.15) is 5.26 Å². The Morgan fingerprint density at radius 3 is 2.80 bits per heavy atom. The van der Waals surface area contributed by atoms with E-state index >= 15 is 0 Å². The van der Waals surface area contributed by atoms with E-state index in [1.54, 1.807) is 18.2 Å². The van der Waals surface area contributed by atoms with Gasteiger partial charge in [-0.25, -0.2) is 0 Å². The summed E-state index contributed by atoms with van der Waals surface area (Å²) in [5, 5.41) is 12.2. The molecular weight excluding hydrogens is 216 g/mol. The van der Waals surface area contributed by atoms with Crippen molar-refractivity contribution in [2.24, 2.45) is 0 Å². The van der Waals surface area contributed by atoms with Gasteiger partial charge in [0.15, 0.2) is 5.88 Å². The molecule has 3 N–H and O–H groups in total. The van der Waals surface area contributed by atoms with Gasteiger partial charge in [0.1, 0.15) is 6.07 Å². The normalized spacial score (nSPS) is 8.33. The number of anilines is 1. The summed E-state index contributed by atoms with van der Waals surface area (Å²) in [5.41, 5.74) is 1.08. The van der Waals surface area contributed by atoms with Gasteiger partial charge in [-0.15, -0.1) is 0 Å². The first kappa shape index (κ1) is 13.3. The first-order chi connectivity index (χ1) is 6.67. The van der Waals surface area contributed by atoms with Crippen molar-refractivity contribution in [3.05, 3.63) is 41.2 Å². The molecule has 0 fully saturated rings. The highest BCUT2D eigenvalue weighted by Gasteiger charge is 2.03. The Morgan fingerprint density at radius 2 is 2.27 bits per heavy atom. The molecule has 0 aromatic heterocycles. The number of hydrogen-bond acceptors (Lipinski definition) is 3. The highest BCUT2D eigenvalue weighted by atomic mass is 35.5. The molecule has 4 nitrogen and oxygen atoms in total. The SMILES string of the molecule is C=C(Nc1ccc(Cl)cc1C#N)OC.O. The number of hydrogen-bond donors (Lipinski definition) is 1. The standard InChI is InChI=1S/C10H9ClN2O.H2O/c1-7(14-2)13-10-4-3-9(11)5-8(10)6-12;/h3-5,13H,1H2,2H3;1H2. The second-order valence-corrected chi connectivity index (χ2v) is 2.99. The Balaban J connectivity index is 0.00000196. The van der Waals surface area contributed by atoms with Crippen molar-refractivity contribution in [2.75, 3.05) is 12.4 Å². The minimum absolute atomic E-state index is 0. The minimum Gasteiger partial charge on any atom is -0.483 e. The lowest BCUT2D eigenvalue weighted by Crippen LogP contribution is -2.01. The molecule has 0 saturated carbocycles. The largest absolute Gasteiger partial charge is 0.483 e. The van der Waals surface area contributed by atoms with Crippen LogP contribution in [-0.4, -0.2) is 12.6 Å². The molecule has 0 aliphatic rings. The van der Waals surface area contributed by atoms with Crippen molar-refractivity contribution in [3.63, 3.8) is 0 Å². The zero-order valence-corrected chi connectivity index (χ0v) is 8.93. The number of methoxy groups -OCH3 is 1. The van der Waals surface area contributed by atoms with E-state index < -0.39 is 0 Å². The molecule has 0 aliphatic heterocycles. The fourth-order valence-electron chi connectivity index (χ4n) is 0.919. The molecule has 0 amide bonds. The topological polar surface area (TPSA) is 76.5 Å². The second-order valence-electron chi connectivity index (χ2n) is 2.55. The van der Waals surface area contributed by atoms with Crippen molar-refractivity contribution < 1.29 is 10.2 Å². The minimum atomic E-state index is 0. The number of ether oxygens (including phenoxy) is 1. The van der Waals surface area contributed by atoms with Gasteiger partial charge >= 0.3 is 0 Å². The van der Waals surface area contributed by atoms with Crippen LogP contribution in [0.3, 0.4) is 0 Å². The maximum atomic E-state index is 8.81. The molecule has 15 heavy (non-hydrogen) atoms. The Hall–Kier alpha value is -1.70. The summed E-state index contributed by atoms with van der Waals surface area (Å²) in [6.45, 7) is 3.59. The lowest BCUT2D eigenvalue weighted by molar-refractivity contribution is 0.299. The Labute approximate surface area is 93.0 Å². The summed E-state index contributed by atoms with van der Waals surface area (Å²) in [6.07, 6.45) is 0. The lowest BCUT2D eigenvalue weighted by Gasteiger charge is -2.09. The molecule has 0 radical (unpaired) electrons. The molecule has 0 saturated heterocycles. The fraction of sp³-hybridized carbons (Fsp3) is 0.100. The summed E-state index contributed by atoms with van der Waals surface area (Å²) in [6, 6.07) is 6.99. The molecule has 1 aromatic rings. The van der Waals surface area contributed by atoms with Crippen molar-refractivity contribution in [1.29, 1.82) is 5.26 Å². The van der Waals surface area contributed by atoms with E-state index in [0.29, 0.717) is 22.2 Å². The van der Waals surface area contributed by atoms with E-state index in [9.17, 15) is 0 Å². The van der Waals surface area contributed by atoms with E-state index in [0.717, 1.165) is 0 Å². The Kier molecular flexibility index (Phi) is 5.24. The van der Waals surface area contributed by atoms with Crippen LogP contribution >= 0.6 is 11.6 Å². The molecule has 1 aromatic carbocycles. The predicted octanol–water partition coefficient (Wildman–Crippen LogP) is 1.92. The van der Waals surface area contributed by atoms with Crippen LogP contribution in [0.4, 0.5) is 5.69 Å². The van der Waals surface area contributed by atoms with Crippen molar-refractivity contribution >= 4 is 17.3 Å². The first-order valence-electron chi connectivity index (χ1n) is 3.87. The van der Waals surface area contributed by atoms with Gasteiger partial charge in [-0.1, -0.05) is 11.6 Å². The van der Waals surface area contributed by atoms with Crippen LogP contribution in [0.25, 0.3) is 0 Å². The molecule has 0 heterocycles. The molecule has 5 heteroatoms. The highest BCUT2D eigenvalue weighted by Crippen LogP contribution is 2.20. The molecule has 80 valence electrons. The third-order valence-corrected chi connectivity index (χ3v) is 1.86. The monoisotopic (exact) mass is 226 g/mol. The molecule has 0 bridgehead atoms. The lowest BCUT2D eigenvalue weighted by atomic mass is 10.2. The average Bonchev–Trinajstić information content (AvgIpc) is 2.20. The Morgan fingerprint density at radius 1 is 1.60 bits per heavy atom. The number of nitrogens with zero attached hydrogens (tertiary/aromatic N) is 1. The summed E-state index contributed by atoms with van der Waals surface area (Å²) in [7, 11) is 1.50. The highest BCUT2D eigenvalue weighted by molar-refractivity contribution is 6.30. The maximum Gasteiger partial charge on any atom is 0.183 e. The Bertz CT molecular complexity index is 399. The van der Waals surface area contributed by atoms with E-state index in [1.807, 2.05) is 6.07 Å². The summed E-state index contributed by atoms with van der Waals surface area (Å²) in [5.74, 6) is 0.379. The predicted molar refractivity (Wildman–Crippen MR) is 59.6 cm³/mol. The van der Waals surface area contributed by atoms with Crippen molar-refractivity contribution in [2.45, 2.75) is 0 Å². The zero-order chi connectivity index (χ0) is 10.6. The van der Waals surface area contributed by atoms with Gasteiger partial charge in [0.05, 0.1) is 18.4 Å². The van der Waals surface area contributed by atoms with E-state index in [4.69, 9.17) is 21.6 Å². The van der Waals surface area contributed by atoms with Crippen molar-refractivity contribution in [1.82, 2.24) is 0 Å². The summed E-state index contributed by atoms with van der Waals surface area (Å²) in [4.78, 5) is 0. The van der Waals surface area contributed by atoms with Crippen LogP contribution in [0.15, 0.2) is 30.7 Å². The van der Waals surface area contributed by atoms with E-state index in [1.165, 1.54) is 7.11 Å². The fourth-order valence-corrected chi connectivity index (χ4v) is 1.09. The van der Waals surface area contributed by atoms with Crippen LogP contribution in [0.5, 0.6) is 0 Å². The van der Waals surface area contributed by atoms with Gasteiger partial charge < -0.3 is 15.5 Å². The van der Waals surface area contributed by atoms with Crippen molar-refractivity contribution in [3.8, 4) is 6.07 Å². The van der Waals surface area contributed by atoms with Gasteiger partial charge in [0.25, 0.3) is 0 Å². The molecule has 0 aliphatic carbocycles. The average molecular weight is 227 g/mol. The summed E-state index contributed by atoms with van der Waals surface area (Å²) >= 11 is 5.73. The van der Waals surface area contributed by atoms with E-state index in [2.05, 4.69) is 11.9 Å². The van der Waals surface area contributed by atoms with Gasteiger partial charge in [0, 0.05) is 5.02 Å². The van der Waals surface area contributed by atoms with Crippen LogP contribution in [-0.2, 0) is 4.74 Å².